The molecule has 0 aliphatic carbocycles. The van der Waals surface area contributed by atoms with Crippen LogP contribution in [0.3, 0.4) is 0 Å². The summed E-state index contributed by atoms with van der Waals surface area (Å²) in [4.78, 5) is 22.5. The Kier molecular flexibility index (Phi) is 4.30. The van der Waals surface area contributed by atoms with Gasteiger partial charge >= 0.3 is 11.9 Å². The summed E-state index contributed by atoms with van der Waals surface area (Å²) >= 11 is 0. The molecule has 3 atom stereocenters. The van der Waals surface area contributed by atoms with Crippen molar-refractivity contribution in [1.29, 1.82) is 0 Å². The maximum Gasteiger partial charge on any atom is 0.317 e. The molecule has 86 valence electrons. The van der Waals surface area contributed by atoms with Crippen molar-refractivity contribution in [3.05, 3.63) is 0 Å². The van der Waals surface area contributed by atoms with Crippen molar-refractivity contribution in [1.82, 2.24) is 0 Å². The van der Waals surface area contributed by atoms with Gasteiger partial charge in [-0.05, 0) is 18.3 Å². The molecule has 3 unspecified atom stereocenters. The summed E-state index contributed by atoms with van der Waals surface area (Å²) in [5.74, 6) is -0.0621. The third-order valence-corrected chi connectivity index (χ3v) is 3.42. The molecular weight excluding hydrogens is 192 g/mol. The molecule has 15 heavy (non-hydrogen) atoms. The summed E-state index contributed by atoms with van der Waals surface area (Å²) in [6, 6.07) is 0. The second kappa shape index (κ2) is 5.29. The van der Waals surface area contributed by atoms with Crippen LogP contribution in [0, 0.1) is 17.8 Å². The molecule has 0 aromatic carbocycles. The molecule has 1 fully saturated rings. The van der Waals surface area contributed by atoms with Gasteiger partial charge in [0, 0.05) is 0 Å². The van der Waals surface area contributed by atoms with Crippen molar-refractivity contribution in [2.45, 2.75) is 46.5 Å². The van der Waals surface area contributed by atoms with Gasteiger partial charge in [0.2, 0.25) is 0 Å². The Morgan fingerprint density at radius 3 is 2.47 bits per heavy atom. The van der Waals surface area contributed by atoms with Gasteiger partial charge in [-0.3, -0.25) is 9.59 Å². The van der Waals surface area contributed by atoms with E-state index in [0.717, 1.165) is 19.3 Å². The Balaban J connectivity index is 2.70. The molecule has 0 aromatic heterocycles. The first kappa shape index (κ1) is 12.2. The first-order valence-electron chi connectivity index (χ1n) is 5.84. The second-order valence-corrected chi connectivity index (χ2v) is 4.44. The van der Waals surface area contributed by atoms with Crippen LogP contribution in [0.5, 0.6) is 0 Å². The van der Waals surface area contributed by atoms with E-state index in [-0.39, 0.29) is 24.3 Å². The topological polar surface area (TPSA) is 43.4 Å². The van der Waals surface area contributed by atoms with E-state index >= 15 is 0 Å². The van der Waals surface area contributed by atoms with Crippen LogP contribution < -0.4 is 0 Å². The van der Waals surface area contributed by atoms with Crippen LogP contribution in [-0.4, -0.2) is 11.9 Å². The van der Waals surface area contributed by atoms with Crippen LogP contribution in [0.15, 0.2) is 0 Å². The van der Waals surface area contributed by atoms with Crippen molar-refractivity contribution in [3.8, 4) is 0 Å². The highest BCUT2D eigenvalue weighted by atomic mass is 16.6. The van der Waals surface area contributed by atoms with E-state index in [1.807, 2.05) is 0 Å². The fourth-order valence-corrected chi connectivity index (χ4v) is 2.34. The van der Waals surface area contributed by atoms with Crippen LogP contribution in [-0.2, 0) is 14.3 Å². The Morgan fingerprint density at radius 2 is 2.07 bits per heavy atom. The minimum absolute atomic E-state index is 0.188. The number of rotatable bonds is 5. The van der Waals surface area contributed by atoms with Gasteiger partial charge in [-0.2, -0.15) is 0 Å². The number of carbonyl (C=O) groups is 2. The maximum absolute atomic E-state index is 11.5. The van der Waals surface area contributed by atoms with Gasteiger partial charge in [0.05, 0.1) is 12.3 Å². The fourth-order valence-electron chi connectivity index (χ4n) is 2.34. The number of esters is 2. The molecule has 1 rings (SSSR count). The molecule has 0 saturated carbocycles. The summed E-state index contributed by atoms with van der Waals surface area (Å²) in [5.41, 5.74) is 0. The smallest absolute Gasteiger partial charge is 0.317 e. The quantitative estimate of drug-likeness (QED) is 0.519. The van der Waals surface area contributed by atoms with Crippen LogP contribution in [0.2, 0.25) is 0 Å². The standard InChI is InChI=1S/C12H20O3/c1-4-6-9(8(3)5-2)10-7-11(13)15-12(10)14/h8-10H,4-7H2,1-3H3. The third-order valence-electron chi connectivity index (χ3n) is 3.42. The van der Waals surface area contributed by atoms with Gasteiger partial charge < -0.3 is 4.74 Å². The lowest BCUT2D eigenvalue weighted by Crippen LogP contribution is -2.25. The summed E-state index contributed by atoms with van der Waals surface area (Å²) in [6.45, 7) is 6.38. The molecule has 0 aromatic rings. The lowest BCUT2D eigenvalue weighted by Gasteiger charge is -2.25. The molecule has 0 radical (unpaired) electrons. The molecule has 1 heterocycles. The molecule has 1 saturated heterocycles. The zero-order valence-electron chi connectivity index (χ0n) is 9.79. The van der Waals surface area contributed by atoms with Crippen molar-refractivity contribution in [3.63, 3.8) is 0 Å². The molecule has 0 bridgehead atoms. The molecule has 3 nitrogen and oxygen atoms in total. The van der Waals surface area contributed by atoms with E-state index in [1.165, 1.54) is 0 Å². The molecular formula is C12H20O3. The van der Waals surface area contributed by atoms with Crippen LogP contribution in [0.25, 0.3) is 0 Å². The van der Waals surface area contributed by atoms with Gasteiger partial charge in [-0.15, -0.1) is 0 Å². The largest absolute Gasteiger partial charge is 0.393 e. The molecule has 0 amide bonds. The maximum atomic E-state index is 11.5. The Labute approximate surface area is 91.2 Å². The number of cyclic esters (lactones) is 2. The number of hydrogen-bond donors (Lipinski definition) is 0. The van der Waals surface area contributed by atoms with E-state index < -0.39 is 0 Å². The average Bonchev–Trinajstić information content (AvgIpc) is 2.53. The molecule has 1 aliphatic rings. The minimum Gasteiger partial charge on any atom is -0.393 e. The average molecular weight is 212 g/mol. The van der Waals surface area contributed by atoms with Gasteiger partial charge in [0.15, 0.2) is 0 Å². The fraction of sp³-hybridized carbons (Fsp3) is 0.833. The molecule has 0 spiro atoms. The van der Waals surface area contributed by atoms with E-state index in [1.54, 1.807) is 0 Å². The Morgan fingerprint density at radius 1 is 1.40 bits per heavy atom. The van der Waals surface area contributed by atoms with E-state index in [4.69, 9.17) is 0 Å². The zero-order chi connectivity index (χ0) is 11.4. The van der Waals surface area contributed by atoms with Gasteiger partial charge in [-0.1, -0.05) is 33.6 Å². The summed E-state index contributed by atoms with van der Waals surface area (Å²) in [7, 11) is 0. The normalized spacial score (nSPS) is 25.1. The minimum atomic E-state index is -0.352. The highest BCUT2D eigenvalue weighted by Gasteiger charge is 2.40. The number of carbonyl (C=O) groups excluding carboxylic acids is 2. The summed E-state index contributed by atoms with van der Waals surface area (Å²) < 4.78 is 4.62. The van der Waals surface area contributed by atoms with Crippen molar-refractivity contribution in [2.24, 2.45) is 17.8 Å². The van der Waals surface area contributed by atoms with Gasteiger partial charge in [0.1, 0.15) is 0 Å². The predicted octanol–water partition coefficient (Wildman–Crippen LogP) is 2.54. The van der Waals surface area contributed by atoms with Gasteiger partial charge in [0.25, 0.3) is 0 Å². The Hall–Kier alpha value is -0.860. The molecule has 1 aliphatic heterocycles. The first-order chi connectivity index (χ1) is 7.10. The van der Waals surface area contributed by atoms with E-state index in [2.05, 4.69) is 25.5 Å². The molecule has 0 N–H and O–H groups in total. The van der Waals surface area contributed by atoms with Crippen LogP contribution in [0.4, 0.5) is 0 Å². The van der Waals surface area contributed by atoms with Crippen LogP contribution >= 0.6 is 0 Å². The monoisotopic (exact) mass is 212 g/mol. The van der Waals surface area contributed by atoms with Crippen LogP contribution in [0.1, 0.15) is 46.5 Å². The van der Waals surface area contributed by atoms with Crippen molar-refractivity contribution < 1.29 is 14.3 Å². The Bertz CT molecular complexity index is 247. The van der Waals surface area contributed by atoms with Crippen molar-refractivity contribution in [2.75, 3.05) is 0 Å². The van der Waals surface area contributed by atoms with E-state index in [9.17, 15) is 9.59 Å². The van der Waals surface area contributed by atoms with E-state index in [0.29, 0.717) is 11.8 Å². The first-order valence-corrected chi connectivity index (χ1v) is 5.84. The highest BCUT2D eigenvalue weighted by molar-refractivity contribution is 5.94. The summed E-state index contributed by atoms with van der Waals surface area (Å²) in [5, 5.41) is 0. The lowest BCUT2D eigenvalue weighted by atomic mass is 9.77. The summed E-state index contributed by atoms with van der Waals surface area (Å²) in [6.07, 6.45) is 3.38. The predicted molar refractivity (Wildman–Crippen MR) is 57.1 cm³/mol. The second-order valence-electron chi connectivity index (χ2n) is 4.44. The third kappa shape index (κ3) is 2.80. The number of ether oxygens (including phenoxy) is 1. The lowest BCUT2D eigenvalue weighted by molar-refractivity contribution is -0.153. The molecule has 3 heteroatoms. The SMILES string of the molecule is CCCC(C(C)CC)C1CC(=O)OC1=O. The van der Waals surface area contributed by atoms with Gasteiger partial charge in [-0.25, -0.2) is 0 Å². The number of hydrogen-bond acceptors (Lipinski definition) is 3. The highest BCUT2D eigenvalue weighted by Crippen LogP contribution is 2.34. The van der Waals surface area contributed by atoms with Crippen molar-refractivity contribution >= 4 is 11.9 Å². The zero-order valence-corrected chi connectivity index (χ0v) is 9.79.